The van der Waals surface area contributed by atoms with Crippen LogP contribution in [-0.2, 0) is 0 Å². The second-order valence-electron chi connectivity index (χ2n) is 5.57. The highest BCUT2D eigenvalue weighted by molar-refractivity contribution is 5.61. The van der Waals surface area contributed by atoms with Crippen molar-refractivity contribution in [3.63, 3.8) is 0 Å². The van der Waals surface area contributed by atoms with Crippen LogP contribution in [0.4, 0.5) is 5.69 Å². The smallest absolute Gasteiger partial charge is 0.125 e. The minimum absolute atomic E-state index is 0.205. The highest BCUT2D eigenvalue weighted by Crippen LogP contribution is 2.37. The van der Waals surface area contributed by atoms with Crippen LogP contribution >= 0.6 is 0 Å². The third-order valence-corrected chi connectivity index (χ3v) is 3.92. The van der Waals surface area contributed by atoms with Crippen LogP contribution in [0.3, 0.4) is 0 Å². The molecule has 0 saturated carbocycles. The summed E-state index contributed by atoms with van der Waals surface area (Å²) >= 11 is 0. The molecule has 1 heterocycles. The summed E-state index contributed by atoms with van der Waals surface area (Å²) in [6, 6.07) is 6.30. The lowest BCUT2D eigenvalue weighted by Crippen LogP contribution is -2.30. The normalized spacial score (nSPS) is 24.6. The van der Waals surface area contributed by atoms with Crippen LogP contribution in [0.2, 0.25) is 0 Å². The van der Waals surface area contributed by atoms with E-state index in [-0.39, 0.29) is 6.04 Å². The maximum absolute atomic E-state index is 10.2. The summed E-state index contributed by atoms with van der Waals surface area (Å²) in [7, 11) is 3.65. The van der Waals surface area contributed by atoms with Crippen LogP contribution in [0.1, 0.15) is 31.9 Å². The summed E-state index contributed by atoms with van der Waals surface area (Å²) in [6.07, 6.45) is 0.803. The Bertz CT molecular complexity index is 446. The number of β-amino-alcohol motifs (C(OH)–C–C–N with tert-alkyl or cyclic N) is 1. The molecule has 2 unspecified atom stereocenters. The van der Waals surface area contributed by atoms with E-state index in [1.54, 1.807) is 7.11 Å². The van der Waals surface area contributed by atoms with Gasteiger partial charge in [-0.1, -0.05) is 6.07 Å². The fourth-order valence-corrected chi connectivity index (χ4v) is 2.72. The van der Waals surface area contributed by atoms with Gasteiger partial charge in [-0.2, -0.15) is 0 Å². The Morgan fingerprint density at radius 1 is 1.47 bits per heavy atom. The lowest BCUT2D eigenvalue weighted by Gasteiger charge is -2.27. The summed E-state index contributed by atoms with van der Waals surface area (Å²) in [6.45, 7) is 5.57. The number of methoxy groups -OCH3 is 1. The largest absolute Gasteiger partial charge is 0.496 e. The number of nitrogens with zero attached hydrogens (tertiary/aromatic N) is 1. The van der Waals surface area contributed by atoms with Crippen molar-refractivity contribution in [2.24, 2.45) is 0 Å². The number of ether oxygens (including phenoxy) is 1. The van der Waals surface area contributed by atoms with E-state index in [4.69, 9.17) is 4.74 Å². The molecule has 2 N–H and O–H groups in total. The highest BCUT2D eigenvalue weighted by Gasteiger charge is 2.33. The van der Waals surface area contributed by atoms with Crippen molar-refractivity contribution in [1.82, 2.24) is 5.32 Å². The number of hydrogen-bond donors (Lipinski definition) is 2. The topological polar surface area (TPSA) is 44.7 Å². The Hall–Kier alpha value is -1.26. The van der Waals surface area contributed by atoms with E-state index in [0.29, 0.717) is 6.54 Å². The first-order chi connectivity index (χ1) is 8.98. The van der Waals surface area contributed by atoms with Crippen LogP contribution in [-0.4, -0.2) is 38.0 Å². The monoisotopic (exact) mass is 264 g/mol. The molecule has 4 nitrogen and oxygen atoms in total. The SMILES string of the molecule is CNC(C)c1c(OC)cccc1N1CCC(C)(O)C1. The maximum Gasteiger partial charge on any atom is 0.125 e. The van der Waals surface area contributed by atoms with E-state index >= 15 is 0 Å². The Kier molecular flexibility index (Phi) is 4.02. The molecule has 2 atom stereocenters. The van der Waals surface area contributed by atoms with Gasteiger partial charge in [-0.15, -0.1) is 0 Å². The summed E-state index contributed by atoms with van der Waals surface area (Å²) in [5.41, 5.74) is 1.72. The van der Waals surface area contributed by atoms with Crippen molar-refractivity contribution in [3.8, 4) is 5.75 Å². The van der Waals surface area contributed by atoms with E-state index < -0.39 is 5.60 Å². The minimum atomic E-state index is -0.594. The molecule has 0 bridgehead atoms. The number of rotatable bonds is 4. The van der Waals surface area contributed by atoms with Crippen molar-refractivity contribution in [3.05, 3.63) is 23.8 Å². The molecule has 0 spiro atoms. The van der Waals surface area contributed by atoms with Gasteiger partial charge in [-0.25, -0.2) is 0 Å². The van der Waals surface area contributed by atoms with Gasteiger partial charge < -0.3 is 20.1 Å². The molecular formula is C15H24N2O2. The third kappa shape index (κ3) is 2.85. The molecular weight excluding hydrogens is 240 g/mol. The fourth-order valence-electron chi connectivity index (χ4n) is 2.72. The highest BCUT2D eigenvalue weighted by atomic mass is 16.5. The van der Waals surface area contributed by atoms with E-state index in [1.807, 2.05) is 26.1 Å². The minimum Gasteiger partial charge on any atom is -0.496 e. The van der Waals surface area contributed by atoms with Crippen LogP contribution in [0.15, 0.2) is 18.2 Å². The van der Waals surface area contributed by atoms with Crippen molar-refractivity contribution in [2.45, 2.75) is 31.9 Å². The summed E-state index contributed by atoms with van der Waals surface area (Å²) < 4.78 is 5.49. The second-order valence-corrected chi connectivity index (χ2v) is 5.57. The van der Waals surface area contributed by atoms with Gasteiger partial charge in [0.1, 0.15) is 5.75 Å². The van der Waals surface area contributed by atoms with Gasteiger partial charge in [-0.3, -0.25) is 0 Å². The lowest BCUT2D eigenvalue weighted by molar-refractivity contribution is 0.0839. The molecule has 1 aromatic carbocycles. The average Bonchev–Trinajstić information content (AvgIpc) is 2.77. The molecule has 1 fully saturated rings. The molecule has 0 aromatic heterocycles. The van der Waals surface area contributed by atoms with Gasteiger partial charge in [-0.05, 0) is 39.4 Å². The number of benzene rings is 1. The van der Waals surface area contributed by atoms with Crippen LogP contribution in [0.5, 0.6) is 5.75 Å². The van der Waals surface area contributed by atoms with Gasteiger partial charge in [0.05, 0.1) is 12.7 Å². The standard InChI is InChI=1S/C15H24N2O2/c1-11(16-3)14-12(6-5-7-13(14)19-4)17-9-8-15(2,18)10-17/h5-7,11,16,18H,8-10H2,1-4H3. The Labute approximate surface area is 115 Å². The molecule has 1 aromatic rings. The number of anilines is 1. The molecule has 2 rings (SSSR count). The van der Waals surface area contributed by atoms with E-state index in [1.165, 1.54) is 0 Å². The molecule has 4 heteroatoms. The lowest BCUT2D eigenvalue weighted by atomic mass is 10.0. The predicted molar refractivity (Wildman–Crippen MR) is 77.9 cm³/mol. The van der Waals surface area contributed by atoms with Crippen molar-refractivity contribution >= 4 is 5.69 Å². The molecule has 0 amide bonds. The van der Waals surface area contributed by atoms with Crippen molar-refractivity contribution in [2.75, 3.05) is 32.1 Å². The van der Waals surface area contributed by atoms with Crippen LogP contribution in [0, 0.1) is 0 Å². The van der Waals surface area contributed by atoms with Gasteiger partial charge in [0.15, 0.2) is 0 Å². The zero-order chi connectivity index (χ0) is 14.0. The second kappa shape index (κ2) is 5.39. The third-order valence-electron chi connectivity index (χ3n) is 3.92. The molecule has 1 aliphatic heterocycles. The molecule has 0 radical (unpaired) electrons. The Morgan fingerprint density at radius 2 is 2.21 bits per heavy atom. The van der Waals surface area contributed by atoms with Gasteiger partial charge in [0, 0.05) is 30.4 Å². The van der Waals surface area contributed by atoms with E-state index in [2.05, 4.69) is 23.2 Å². The number of aliphatic hydroxyl groups is 1. The number of nitrogens with one attached hydrogen (secondary N) is 1. The first-order valence-electron chi connectivity index (χ1n) is 6.80. The maximum atomic E-state index is 10.2. The van der Waals surface area contributed by atoms with E-state index in [0.717, 1.165) is 30.0 Å². The fraction of sp³-hybridized carbons (Fsp3) is 0.600. The van der Waals surface area contributed by atoms with Crippen molar-refractivity contribution < 1.29 is 9.84 Å². The molecule has 19 heavy (non-hydrogen) atoms. The molecule has 1 saturated heterocycles. The quantitative estimate of drug-likeness (QED) is 0.872. The number of hydrogen-bond acceptors (Lipinski definition) is 4. The van der Waals surface area contributed by atoms with Crippen LogP contribution in [0.25, 0.3) is 0 Å². The zero-order valence-electron chi connectivity index (χ0n) is 12.2. The summed E-state index contributed by atoms with van der Waals surface area (Å²) in [5, 5.41) is 13.4. The Balaban J connectivity index is 2.40. The van der Waals surface area contributed by atoms with Gasteiger partial charge >= 0.3 is 0 Å². The summed E-state index contributed by atoms with van der Waals surface area (Å²) in [5.74, 6) is 0.894. The van der Waals surface area contributed by atoms with Crippen LogP contribution < -0.4 is 15.0 Å². The van der Waals surface area contributed by atoms with Gasteiger partial charge in [0.2, 0.25) is 0 Å². The first-order valence-corrected chi connectivity index (χ1v) is 6.80. The summed E-state index contributed by atoms with van der Waals surface area (Å²) in [4.78, 5) is 2.24. The molecule has 1 aliphatic rings. The zero-order valence-corrected chi connectivity index (χ0v) is 12.2. The van der Waals surface area contributed by atoms with E-state index in [9.17, 15) is 5.11 Å². The Morgan fingerprint density at radius 3 is 2.74 bits per heavy atom. The predicted octanol–water partition coefficient (Wildman–Crippen LogP) is 1.94. The average molecular weight is 264 g/mol. The molecule has 106 valence electrons. The van der Waals surface area contributed by atoms with Gasteiger partial charge in [0.25, 0.3) is 0 Å². The first kappa shape index (κ1) is 14.2. The van der Waals surface area contributed by atoms with Crippen molar-refractivity contribution in [1.29, 1.82) is 0 Å². The molecule has 0 aliphatic carbocycles.